The van der Waals surface area contributed by atoms with Crippen molar-refractivity contribution in [1.29, 1.82) is 0 Å². The molecule has 0 spiro atoms. The van der Waals surface area contributed by atoms with Crippen LogP contribution in [0, 0.1) is 17.6 Å². The summed E-state index contributed by atoms with van der Waals surface area (Å²) in [7, 11) is 5.84. The zero-order valence-electron chi connectivity index (χ0n) is 12.2. The van der Waals surface area contributed by atoms with Crippen molar-refractivity contribution in [3.63, 3.8) is 0 Å². The predicted molar refractivity (Wildman–Crippen MR) is 75.3 cm³/mol. The van der Waals surface area contributed by atoms with Crippen molar-refractivity contribution in [2.24, 2.45) is 5.92 Å². The van der Waals surface area contributed by atoms with E-state index in [0.29, 0.717) is 26.1 Å². The maximum atomic E-state index is 14.1. The number of halogens is 2. The molecular weight excluding hydrogens is 277 g/mol. The summed E-state index contributed by atoms with van der Waals surface area (Å²) in [6.45, 7) is 4.39. The van der Waals surface area contributed by atoms with E-state index in [0.717, 1.165) is 12.1 Å². The maximum Gasteiger partial charge on any atom is 0.168 e. The van der Waals surface area contributed by atoms with Gasteiger partial charge in [0, 0.05) is 24.5 Å². The fraction of sp³-hybridized carbons (Fsp3) is 0.600. The van der Waals surface area contributed by atoms with E-state index in [4.69, 9.17) is 17.3 Å². The van der Waals surface area contributed by atoms with Crippen LogP contribution in [0.15, 0.2) is 12.1 Å². The van der Waals surface area contributed by atoms with Crippen molar-refractivity contribution in [3.8, 4) is 5.75 Å². The van der Waals surface area contributed by atoms with E-state index in [2.05, 4.69) is 0 Å². The summed E-state index contributed by atoms with van der Waals surface area (Å²) in [6, 6.07) is 1.76. The molecule has 3 nitrogen and oxygen atoms in total. The van der Waals surface area contributed by atoms with Crippen LogP contribution in [0.4, 0.5) is 8.78 Å². The van der Waals surface area contributed by atoms with Crippen LogP contribution >= 0.6 is 0 Å². The molecular formula is C15H19BF2O3. The van der Waals surface area contributed by atoms with Crippen LogP contribution in [-0.2, 0) is 10.2 Å². The summed E-state index contributed by atoms with van der Waals surface area (Å²) < 4.78 is 38.5. The van der Waals surface area contributed by atoms with Gasteiger partial charge in [-0.1, -0.05) is 13.8 Å². The van der Waals surface area contributed by atoms with Gasteiger partial charge in [-0.15, -0.1) is 0 Å². The monoisotopic (exact) mass is 296 g/mol. The lowest BCUT2D eigenvalue weighted by molar-refractivity contribution is 0.0191. The number of rotatable bonds is 4. The predicted octanol–water partition coefficient (Wildman–Crippen LogP) is 2.49. The molecule has 1 aromatic carbocycles. The van der Waals surface area contributed by atoms with Gasteiger partial charge in [-0.25, -0.2) is 8.78 Å². The highest BCUT2D eigenvalue weighted by Crippen LogP contribution is 2.37. The highest BCUT2D eigenvalue weighted by molar-refractivity contribution is 6.15. The first-order valence-electron chi connectivity index (χ1n) is 7.07. The van der Waals surface area contributed by atoms with Gasteiger partial charge in [0.25, 0.3) is 0 Å². The highest BCUT2D eigenvalue weighted by atomic mass is 19.1. The molecule has 1 N–H and O–H groups in total. The van der Waals surface area contributed by atoms with Crippen molar-refractivity contribution in [2.75, 3.05) is 13.2 Å². The van der Waals surface area contributed by atoms with Crippen LogP contribution in [0.3, 0.4) is 0 Å². The summed E-state index contributed by atoms with van der Waals surface area (Å²) in [5, 5.41) is 10.4. The number of hydrogen-bond acceptors (Lipinski definition) is 3. The Hall–Kier alpha value is -1.14. The van der Waals surface area contributed by atoms with Crippen molar-refractivity contribution >= 4 is 7.85 Å². The zero-order chi connectivity index (χ0) is 15.6. The number of ether oxygens (including phenoxy) is 2. The van der Waals surface area contributed by atoms with E-state index in [1.807, 2.05) is 0 Å². The van der Waals surface area contributed by atoms with Crippen LogP contribution in [0.5, 0.6) is 5.75 Å². The first-order chi connectivity index (χ1) is 9.82. The first kappa shape index (κ1) is 16.2. The molecule has 2 radical (unpaired) electrons. The normalized spacial score (nSPS) is 19.5. The smallest absolute Gasteiger partial charge is 0.168 e. The molecule has 1 unspecified atom stereocenters. The lowest BCUT2D eigenvalue weighted by Crippen LogP contribution is -2.34. The molecule has 114 valence electrons. The van der Waals surface area contributed by atoms with Crippen molar-refractivity contribution in [2.45, 2.75) is 38.3 Å². The van der Waals surface area contributed by atoms with Gasteiger partial charge < -0.3 is 14.6 Å². The van der Waals surface area contributed by atoms with E-state index < -0.39 is 23.1 Å². The second-order valence-electron chi connectivity index (χ2n) is 5.67. The minimum absolute atomic E-state index is 0.0681. The second-order valence-corrected chi connectivity index (χ2v) is 5.67. The quantitative estimate of drug-likeness (QED) is 0.868. The van der Waals surface area contributed by atoms with E-state index >= 15 is 0 Å². The van der Waals surface area contributed by atoms with E-state index in [1.165, 1.54) is 0 Å². The molecule has 0 bridgehead atoms. The molecule has 0 aliphatic carbocycles. The van der Waals surface area contributed by atoms with Gasteiger partial charge in [-0.3, -0.25) is 0 Å². The van der Waals surface area contributed by atoms with Gasteiger partial charge in [0.15, 0.2) is 11.6 Å². The third-order valence-corrected chi connectivity index (χ3v) is 3.77. The van der Waals surface area contributed by atoms with Gasteiger partial charge >= 0.3 is 0 Å². The van der Waals surface area contributed by atoms with Gasteiger partial charge in [0.1, 0.15) is 19.8 Å². The van der Waals surface area contributed by atoms with Crippen molar-refractivity contribution < 1.29 is 23.4 Å². The summed E-state index contributed by atoms with van der Waals surface area (Å²) in [6.07, 6.45) is 0.988. The largest absolute Gasteiger partial charge is 0.487 e. The minimum atomic E-state index is -1.87. The molecule has 1 heterocycles. The molecule has 1 atom stereocenters. The van der Waals surface area contributed by atoms with Gasteiger partial charge in [-0.2, -0.15) is 0 Å². The molecule has 6 heteroatoms. The Bertz CT molecular complexity index is 500. The average molecular weight is 296 g/mol. The average Bonchev–Trinajstić information content (AvgIpc) is 2.42. The zero-order valence-corrected chi connectivity index (χ0v) is 12.2. The van der Waals surface area contributed by atoms with E-state index in [9.17, 15) is 13.9 Å². The van der Waals surface area contributed by atoms with Crippen LogP contribution in [-0.4, -0.2) is 32.3 Å². The Kier molecular flexibility index (Phi) is 4.89. The maximum absolute atomic E-state index is 14.1. The molecule has 1 aliphatic rings. The SMILES string of the molecule is [B]C(O)(c1cc(F)cc(F)c1OC1CCOCC1)C(C)C. The molecule has 1 saturated heterocycles. The molecule has 2 rings (SSSR count). The first-order valence-corrected chi connectivity index (χ1v) is 7.07. The molecule has 21 heavy (non-hydrogen) atoms. The van der Waals surface area contributed by atoms with Crippen molar-refractivity contribution in [1.82, 2.24) is 0 Å². The summed E-state index contributed by atoms with van der Waals surface area (Å²) >= 11 is 0. The minimum Gasteiger partial charge on any atom is -0.487 e. The summed E-state index contributed by atoms with van der Waals surface area (Å²) in [5.41, 5.74) is -1.94. The second kappa shape index (κ2) is 6.32. The Morgan fingerprint density at radius 3 is 2.52 bits per heavy atom. The third-order valence-electron chi connectivity index (χ3n) is 3.77. The van der Waals surface area contributed by atoms with Gasteiger partial charge in [-0.05, 0) is 12.0 Å². The molecule has 1 aromatic rings. The molecule has 0 aromatic heterocycles. The standard InChI is InChI=1S/C15H19BF2O3/c1-9(2)15(16,19)12-7-10(17)8-13(18)14(12)21-11-3-5-20-6-4-11/h7-9,11,19H,3-6H2,1-2H3. The van der Waals surface area contributed by atoms with Gasteiger partial charge in [0.05, 0.1) is 18.7 Å². The number of benzene rings is 1. The molecule has 0 saturated carbocycles. The fourth-order valence-corrected chi connectivity index (χ4v) is 2.25. The van der Waals surface area contributed by atoms with E-state index in [-0.39, 0.29) is 17.4 Å². The molecule has 0 amide bonds. The summed E-state index contributed by atoms with van der Waals surface area (Å²) in [4.78, 5) is 0. The summed E-state index contributed by atoms with van der Waals surface area (Å²) in [5.74, 6) is -2.27. The number of aliphatic hydroxyl groups is 1. The highest BCUT2D eigenvalue weighted by Gasteiger charge is 2.33. The Morgan fingerprint density at radius 2 is 1.95 bits per heavy atom. The topological polar surface area (TPSA) is 38.7 Å². The van der Waals surface area contributed by atoms with Gasteiger partial charge in [0.2, 0.25) is 0 Å². The van der Waals surface area contributed by atoms with Crippen LogP contribution in [0.25, 0.3) is 0 Å². The van der Waals surface area contributed by atoms with E-state index in [1.54, 1.807) is 13.8 Å². The number of hydrogen-bond donors (Lipinski definition) is 1. The van der Waals surface area contributed by atoms with Crippen LogP contribution in [0.1, 0.15) is 32.3 Å². The van der Waals surface area contributed by atoms with Crippen LogP contribution < -0.4 is 4.74 Å². The molecule has 1 aliphatic heterocycles. The van der Waals surface area contributed by atoms with Crippen molar-refractivity contribution in [3.05, 3.63) is 29.3 Å². The molecule has 1 fully saturated rings. The Labute approximate surface area is 124 Å². The Balaban J connectivity index is 2.38. The lowest BCUT2D eigenvalue weighted by Gasteiger charge is -2.32. The Morgan fingerprint density at radius 1 is 1.33 bits per heavy atom. The van der Waals surface area contributed by atoms with Crippen LogP contribution in [0.2, 0.25) is 0 Å². The third kappa shape index (κ3) is 3.55. The lowest BCUT2D eigenvalue weighted by atomic mass is 9.68. The fourth-order valence-electron chi connectivity index (χ4n) is 2.25.